The van der Waals surface area contributed by atoms with Crippen LogP contribution in [0.3, 0.4) is 0 Å². The van der Waals surface area contributed by atoms with E-state index in [1.807, 2.05) is 0 Å². The first-order valence-corrected chi connectivity index (χ1v) is 6.75. The van der Waals surface area contributed by atoms with Gasteiger partial charge in [-0.2, -0.15) is 0 Å². The van der Waals surface area contributed by atoms with E-state index in [2.05, 4.69) is 39.9 Å². The first-order valence-electron chi connectivity index (χ1n) is 6.75. The van der Waals surface area contributed by atoms with Gasteiger partial charge >= 0.3 is 0 Å². The fourth-order valence-corrected chi connectivity index (χ4v) is 1.79. The molecule has 0 radical (unpaired) electrons. The van der Waals surface area contributed by atoms with Crippen molar-refractivity contribution in [3.8, 4) is 0 Å². The number of nitrogens with one attached hydrogen (secondary N) is 1. The highest BCUT2D eigenvalue weighted by atomic mass is 14.9. The topological polar surface area (TPSA) is 12.0 Å². The number of rotatable bonds is 9. The van der Waals surface area contributed by atoms with Gasteiger partial charge in [-0.3, -0.25) is 0 Å². The van der Waals surface area contributed by atoms with Gasteiger partial charge in [0.25, 0.3) is 0 Å². The maximum atomic E-state index is 3.61. The minimum atomic E-state index is 0.705. The lowest BCUT2D eigenvalue weighted by atomic mass is 10.0. The zero-order chi connectivity index (χ0) is 11.7. The third-order valence-corrected chi connectivity index (χ3v) is 2.87. The van der Waals surface area contributed by atoms with Crippen LogP contribution in [0.4, 0.5) is 0 Å². The third kappa shape index (κ3) is 11.9. The summed E-state index contributed by atoms with van der Waals surface area (Å²) in [5, 5.41) is 3.61. The monoisotopic (exact) mass is 213 g/mol. The Balaban J connectivity index is 3.22. The molecule has 0 aromatic rings. The van der Waals surface area contributed by atoms with Gasteiger partial charge in [0.2, 0.25) is 0 Å². The van der Waals surface area contributed by atoms with E-state index in [1.54, 1.807) is 0 Å². The lowest BCUT2D eigenvalue weighted by molar-refractivity contribution is 0.441. The quantitative estimate of drug-likeness (QED) is 0.565. The lowest BCUT2D eigenvalue weighted by Gasteiger charge is -2.14. The van der Waals surface area contributed by atoms with E-state index < -0.39 is 0 Å². The summed E-state index contributed by atoms with van der Waals surface area (Å²) >= 11 is 0. The average Bonchev–Trinajstić information content (AvgIpc) is 2.11. The van der Waals surface area contributed by atoms with Gasteiger partial charge in [0.15, 0.2) is 0 Å². The maximum absolute atomic E-state index is 3.61. The van der Waals surface area contributed by atoms with Crippen molar-refractivity contribution in [1.29, 1.82) is 0 Å². The fraction of sp³-hybridized carbons (Fsp3) is 1.00. The maximum Gasteiger partial charge on any atom is 0.00387 e. The molecule has 0 fully saturated rings. The van der Waals surface area contributed by atoms with Crippen molar-refractivity contribution < 1.29 is 0 Å². The van der Waals surface area contributed by atoms with Crippen LogP contribution in [0.1, 0.15) is 66.7 Å². The second-order valence-electron chi connectivity index (χ2n) is 5.72. The lowest BCUT2D eigenvalue weighted by Crippen LogP contribution is -2.27. The molecule has 0 saturated heterocycles. The predicted molar refractivity (Wildman–Crippen MR) is 70.2 cm³/mol. The minimum absolute atomic E-state index is 0.705. The molecule has 1 heteroatoms. The summed E-state index contributed by atoms with van der Waals surface area (Å²) < 4.78 is 0. The van der Waals surface area contributed by atoms with Crippen LogP contribution >= 0.6 is 0 Å². The molecule has 0 aliphatic carbocycles. The van der Waals surface area contributed by atoms with Crippen molar-refractivity contribution in [1.82, 2.24) is 5.32 Å². The van der Waals surface area contributed by atoms with Gasteiger partial charge in [0.05, 0.1) is 0 Å². The van der Waals surface area contributed by atoms with E-state index in [0.717, 1.165) is 11.8 Å². The van der Waals surface area contributed by atoms with E-state index in [1.165, 1.54) is 38.6 Å². The van der Waals surface area contributed by atoms with Crippen molar-refractivity contribution in [3.05, 3.63) is 0 Å². The smallest absolute Gasteiger partial charge is 0.00387 e. The Morgan fingerprint density at radius 2 is 1.27 bits per heavy atom. The number of hydrogen-bond donors (Lipinski definition) is 1. The zero-order valence-electron chi connectivity index (χ0n) is 11.5. The molecule has 15 heavy (non-hydrogen) atoms. The van der Waals surface area contributed by atoms with Gasteiger partial charge < -0.3 is 5.32 Å². The van der Waals surface area contributed by atoms with Gasteiger partial charge in [-0.1, -0.05) is 40.5 Å². The summed E-state index contributed by atoms with van der Waals surface area (Å²) in [6.07, 6.45) is 6.76. The van der Waals surface area contributed by atoms with Crippen molar-refractivity contribution in [3.63, 3.8) is 0 Å². The Kier molecular flexibility index (Phi) is 9.18. The summed E-state index contributed by atoms with van der Waals surface area (Å²) in [5.41, 5.74) is 0. The molecule has 92 valence electrons. The summed E-state index contributed by atoms with van der Waals surface area (Å²) in [7, 11) is 0. The van der Waals surface area contributed by atoms with Gasteiger partial charge in [-0.25, -0.2) is 0 Å². The van der Waals surface area contributed by atoms with Gasteiger partial charge in [0.1, 0.15) is 0 Å². The molecule has 0 heterocycles. The van der Waals surface area contributed by atoms with Crippen LogP contribution in [0.15, 0.2) is 0 Å². The molecule has 0 aliphatic rings. The second-order valence-corrected chi connectivity index (χ2v) is 5.72. The third-order valence-electron chi connectivity index (χ3n) is 2.87. The molecule has 1 atom stereocenters. The molecule has 1 unspecified atom stereocenters. The average molecular weight is 213 g/mol. The Morgan fingerprint density at radius 3 is 1.80 bits per heavy atom. The van der Waals surface area contributed by atoms with Crippen molar-refractivity contribution in [2.75, 3.05) is 6.54 Å². The molecule has 0 amide bonds. The summed E-state index contributed by atoms with van der Waals surface area (Å²) in [5.74, 6) is 1.71. The standard InChI is InChI=1S/C14H31N/c1-12(2)8-6-10-14(5)15-11-7-9-13(3)4/h12-15H,6-11H2,1-5H3. The van der Waals surface area contributed by atoms with Crippen LogP contribution in [0, 0.1) is 11.8 Å². The summed E-state index contributed by atoms with van der Waals surface area (Å²) in [6.45, 7) is 12.7. The first kappa shape index (κ1) is 15.0. The van der Waals surface area contributed by atoms with E-state index >= 15 is 0 Å². The fourth-order valence-electron chi connectivity index (χ4n) is 1.79. The van der Waals surface area contributed by atoms with E-state index in [-0.39, 0.29) is 0 Å². The Bertz CT molecular complexity index is 129. The zero-order valence-corrected chi connectivity index (χ0v) is 11.5. The van der Waals surface area contributed by atoms with Crippen molar-refractivity contribution >= 4 is 0 Å². The van der Waals surface area contributed by atoms with Gasteiger partial charge in [-0.15, -0.1) is 0 Å². The molecule has 0 aromatic heterocycles. The van der Waals surface area contributed by atoms with Crippen LogP contribution in [-0.2, 0) is 0 Å². The predicted octanol–water partition coefficient (Wildman–Crippen LogP) is 4.23. The molecule has 0 aromatic carbocycles. The van der Waals surface area contributed by atoms with E-state index in [9.17, 15) is 0 Å². The van der Waals surface area contributed by atoms with Gasteiger partial charge in [-0.05, 0) is 44.6 Å². The summed E-state index contributed by atoms with van der Waals surface area (Å²) in [6, 6.07) is 0.705. The van der Waals surface area contributed by atoms with Crippen LogP contribution in [0.2, 0.25) is 0 Å². The molecular weight excluding hydrogens is 182 g/mol. The SMILES string of the molecule is CC(C)CCCNC(C)CCCC(C)C. The molecule has 0 rings (SSSR count). The molecule has 0 aliphatic heterocycles. The van der Waals surface area contributed by atoms with Crippen LogP contribution in [-0.4, -0.2) is 12.6 Å². The Morgan fingerprint density at radius 1 is 0.733 bits per heavy atom. The molecule has 1 nitrogen and oxygen atoms in total. The van der Waals surface area contributed by atoms with Crippen molar-refractivity contribution in [2.24, 2.45) is 11.8 Å². The largest absolute Gasteiger partial charge is 0.314 e. The minimum Gasteiger partial charge on any atom is -0.314 e. The highest BCUT2D eigenvalue weighted by Crippen LogP contribution is 2.08. The normalized spacial score (nSPS) is 13.8. The van der Waals surface area contributed by atoms with E-state index in [4.69, 9.17) is 0 Å². The molecule has 1 N–H and O–H groups in total. The Hall–Kier alpha value is -0.0400. The highest BCUT2D eigenvalue weighted by molar-refractivity contribution is 4.61. The molecule has 0 saturated carbocycles. The number of hydrogen-bond acceptors (Lipinski definition) is 1. The Labute approximate surface area is 97.0 Å². The first-order chi connectivity index (χ1) is 7.02. The second kappa shape index (κ2) is 9.21. The van der Waals surface area contributed by atoms with Gasteiger partial charge in [0, 0.05) is 6.04 Å². The molecule has 0 bridgehead atoms. The van der Waals surface area contributed by atoms with Crippen LogP contribution in [0.25, 0.3) is 0 Å². The van der Waals surface area contributed by atoms with Crippen LogP contribution in [0.5, 0.6) is 0 Å². The molecule has 0 spiro atoms. The van der Waals surface area contributed by atoms with Crippen LogP contribution < -0.4 is 5.32 Å². The van der Waals surface area contributed by atoms with Crippen molar-refractivity contribution in [2.45, 2.75) is 72.8 Å². The molecular formula is C14H31N. The summed E-state index contributed by atoms with van der Waals surface area (Å²) in [4.78, 5) is 0. The highest BCUT2D eigenvalue weighted by Gasteiger charge is 2.02. The van der Waals surface area contributed by atoms with E-state index in [0.29, 0.717) is 6.04 Å².